The highest BCUT2D eigenvalue weighted by molar-refractivity contribution is 9.10. The molecule has 2 amide bonds. The molecule has 0 radical (unpaired) electrons. The van der Waals surface area contributed by atoms with Crippen molar-refractivity contribution in [2.24, 2.45) is 10.1 Å². The van der Waals surface area contributed by atoms with Crippen molar-refractivity contribution in [1.82, 2.24) is 15.2 Å². The number of carbonyl (C=O) groups is 2. The molecule has 3 aromatic rings. The zero-order valence-electron chi connectivity index (χ0n) is 17.4. The van der Waals surface area contributed by atoms with Crippen LogP contribution in [0.25, 0.3) is 0 Å². The number of nitrogens with zero attached hydrogens (tertiary/aromatic N) is 5. The van der Waals surface area contributed by atoms with Gasteiger partial charge in [0.2, 0.25) is 5.91 Å². The van der Waals surface area contributed by atoms with E-state index < -0.39 is 5.91 Å². The van der Waals surface area contributed by atoms with Crippen molar-refractivity contribution in [3.63, 3.8) is 0 Å². The van der Waals surface area contributed by atoms with Crippen molar-refractivity contribution in [2.75, 3.05) is 18.0 Å². The Hall–Kier alpha value is -3.59. The van der Waals surface area contributed by atoms with Crippen LogP contribution in [0.4, 0.5) is 5.69 Å². The highest BCUT2D eigenvalue weighted by Crippen LogP contribution is 2.29. The molecule has 9 heteroatoms. The number of halogens is 1. The first kappa shape index (κ1) is 21.6. The first-order valence-electron chi connectivity index (χ1n) is 10.1. The van der Waals surface area contributed by atoms with E-state index in [0.717, 1.165) is 27.7 Å². The van der Waals surface area contributed by atoms with Crippen LogP contribution in [0.3, 0.4) is 0 Å². The molecule has 1 aromatic heterocycles. The molecule has 0 fully saturated rings. The molecule has 1 aliphatic heterocycles. The van der Waals surface area contributed by atoms with Crippen LogP contribution >= 0.6 is 15.9 Å². The monoisotopic (exact) mass is 492 g/mol. The third-order valence-corrected chi connectivity index (χ3v) is 5.40. The smallest absolute Gasteiger partial charge is 0.260 e. The van der Waals surface area contributed by atoms with E-state index in [2.05, 4.69) is 36.5 Å². The molecule has 0 saturated heterocycles. The van der Waals surface area contributed by atoms with Gasteiger partial charge in [-0.05, 0) is 25.1 Å². The van der Waals surface area contributed by atoms with Gasteiger partial charge in [-0.15, -0.1) is 0 Å². The lowest BCUT2D eigenvalue weighted by atomic mass is 10.0. The number of carbonyl (C=O) groups excluding carboxylic acids is 2. The first-order valence-corrected chi connectivity index (χ1v) is 10.9. The van der Waals surface area contributed by atoms with Crippen molar-refractivity contribution in [3.8, 4) is 0 Å². The fraction of sp³-hybridized carbons (Fsp3) is 0.174. The summed E-state index contributed by atoms with van der Waals surface area (Å²) < 4.78 is 2.62. The predicted octanol–water partition coefficient (Wildman–Crippen LogP) is 3.00. The van der Waals surface area contributed by atoms with Crippen LogP contribution in [0.15, 0.2) is 75.5 Å². The summed E-state index contributed by atoms with van der Waals surface area (Å²) in [7, 11) is 0. The highest BCUT2D eigenvalue weighted by Gasteiger charge is 2.27. The largest absolute Gasteiger partial charge is 0.301 e. The van der Waals surface area contributed by atoms with Crippen molar-refractivity contribution in [3.05, 3.63) is 82.1 Å². The Labute approximate surface area is 193 Å². The third kappa shape index (κ3) is 4.83. The molecule has 32 heavy (non-hydrogen) atoms. The Morgan fingerprint density at radius 3 is 2.81 bits per heavy atom. The molecule has 0 atom stereocenters. The number of hydrogen-bond donors (Lipinski definition) is 1. The van der Waals surface area contributed by atoms with Gasteiger partial charge in [0, 0.05) is 33.9 Å². The fourth-order valence-electron chi connectivity index (χ4n) is 3.38. The number of benzodiazepines with no additional fused rings is 1. The normalized spacial score (nSPS) is 13.6. The number of rotatable bonds is 6. The van der Waals surface area contributed by atoms with Gasteiger partial charge >= 0.3 is 0 Å². The quantitative estimate of drug-likeness (QED) is 0.423. The molecule has 0 aliphatic carbocycles. The average Bonchev–Trinajstić information content (AvgIpc) is 3.21. The average molecular weight is 493 g/mol. The summed E-state index contributed by atoms with van der Waals surface area (Å²) in [6.07, 6.45) is 5.00. The van der Waals surface area contributed by atoms with Gasteiger partial charge in [0.25, 0.3) is 5.91 Å². The van der Waals surface area contributed by atoms with Crippen molar-refractivity contribution >= 4 is 45.4 Å². The minimum atomic E-state index is -0.408. The van der Waals surface area contributed by atoms with Crippen LogP contribution in [-0.2, 0) is 16.1 Å². The molecule has 0 unspecified atom stereocenters. The maximum absolute atomic E-state index is 12.9. The molecule has 2 heterocycles. The molecule has 0 saturated carbocycles. The van der Waals surface area contributed by atoms with E-state index in [4.69, 9.17) is 0 Å². The number of aryl methyl sites for hydroxylation is 1. The lowest BCUT2D eigenvalue weighted by Gasteiger charge is -2.22. The van der Waals surface area contributed by atoms with Crippen molar-refractivity contribution in [2.45, 2.75) is 13.5 Å². The van der Waals surface area contributed by atoms with Crippen LogP contribution < -0.4 is 10.3 Å². The Morgan fingerprint density at radius 2 is 2.06 bits per heavy atom. The van der Waals surface area contributed by atoms with E-state index in [1.807, 2.05) is 61.7 Å². The Bertz CT molecular complexity index is 1200. The fourth-order valence-corrected chi connectivity index (χ4v) is 3.74. The lowest BCUT2D eigenvalue weighted by molar-refractivity contribution is -0.123. The summed E-state index contributed by atoms with van der Waals surface area (Å²) in [5.74, 6) is -0.669. The zero-order valence-corrected chi connectivity index (χ0v) is 19.0. The molecular weight excluding hydrogens is 472 g/mol. The SMILES string of the molecule is CCn1cc(/C=N\NC(=O)CN2C(=O)CN=C(c3ccccc3)c3cc(Br)ccc32)cn1. The molecule has 4 rings (SSSR count). The Kier molecular flexibility index (Phi) is 6.55. The second-order valence-electron chi connectivity index (χ2n) is 7.09. The minimum absolute atomic E-state index is 0.0523. The molecule has 0 bridgehead atoms. The summed E-state index contributed by atoms with van der Waals surface area (Å²) in [6, 6.07) is 15.3. The first-order chi connectivity index (χ1) is 15.5. The van der Waals surface area contributed by atoms with E-state index in [0.29, 0.717) is 11.4 Å². The van der Waals surface area contributed by atoms with Crippen LogP contribution in [0.5, 0.6) is 0 Å². The maximum Gasteiger partial charge on any atom is 0.260 e. The molecule has 2 aromatic carbocycles. The molecule has 1 aliphatic rings. The summed E-state index contributed by atoms with van der Waals surface area (Å²) in [6.45, 7) is 2.51. The van der Waals surface area contributed by atoms with E-state index in [9.17, 15) is 9.59 Å². The van der Waals surface area contributed by atoms with Gasteiger partial charge < -0.3 is 4.90 Å². The van der Waals surface area contributed by atoms with E-state index in [1.165, 1.54) is 11.1 Å². The number of amides is 2. The van der Waals surface area contributed by atoms with Gasteiger partial charge in [-0.2, -0.15) is 10.2 Å². The van der Waals surface area contributed by atoms with Gasteiger partial charge in [0.05, 0.1) is 23.8 Å². The number of benzene rings is 2. The second-order valence-corrected chi connectivity index (χ2v) is 8.01. The van der Waals surface area contributed by atoms with Crippen LogP contribution in [-0.4, -0.2) is 46.6 Å². The van der Waals surface area contributed by atoms with E-state index in [1.54, 1.807) is 10.9 Å². The Morgan fingerprint density at radius 1 is 1.25 bits per heavy atom. The number of nitrogens with one attached hydrogen (secondary N) is 1. The summed E-state index contributed by atoms with van der Waals surface area (Å²) >= 11 is 3.50. The standard InChI is InChI=1S/C23H21BrN6O2/c1-2-29-14-16(12-27-29)11-26-28-21(31)15-30-20-9-8-18(24)10-19(20)23(25-13-22(30)32)17-6-4-3-5-7-17/h3-12,14H,2,13,15H2,1H3,(H,28,31)/b26-11-. The maximum atomic E-state index is 12.9. The summed E-state index contributed by atoms with van der Waals surface area (Å²) in [5, 5.41) is 8.14. The van der Waals surface area contributed by atoms with Crippen LogP contribution in [0.2, 0.25) is 0 Å². The summed E-state index contributed by atoms with van der Waals surface area (Å²) in [4.78, 5) is 31.5. The number of aromatic nitrogens is 2. The molecule has 0 spiro atoms. The number of fused-ring (bicyclic) bond motifs is 1. The van der Waals surface area contributed by atoms with E-state index >= 15 is 0 Å². The second kappa shape index (κ2) is 9.69. The topological polar surface area (TPSA) is 92.0 Å². The van der Waals surface area contributed by atoms with Gasteiger partial charge in [0.1, 0.15) is 13.1 Å². The highest BCUT2D eigenvalue weighted by atomic mass is 79.9. The number of hydrogen-bond acceptors (Lipinski definition) is 5. The van der Waals surface area contributed by atoms with Gasteiger partial charge in [0.15, 0.2) is 0 Å². The number of hydrazone groups is 1. The number of aliphatic imine (C=N–C) groups is 1. The third-order valence-electron chi connectivity index (χ3n) is 4.91. The van der Waals surface area contributed by atoms with Crippen molar-refractivity contribution in [1.29, 1.82) is 0 Å². The van der Waals surface area contributed by atoms with Crippen LogP contribution in [0, 0.1) is 0 Å². The van der Waals surface area contributed by atoms with Gasteiger partial charge in [-0.1, -0.05) is 46.3 Å². The van der Waals surface area contributed by atoms with Crippen molar-refractivity contribution < 1.29 is 9.59 Å². The van der Waals surface area contributed by atoms with Gasteiger partial charge in [-0.3, -0.25) is 19.3 Å². The van der Waals surface area contributed by atoms with E-state index in [-0.39, 0.29) is 19.0 Å². The Balaban J connectivity index is 1.55. The molecule has 162 valence electrons. The van der Waals surface area contributed by atoms with Gasteiger partial charge in [-0.25, -0.2) is 5.43 Å². The zero-order chi connectivity index (χ0) is 22.5. The summed E-state index contributed by atoms with van der Waals surface area (Å²) in [5.41, 5.74) is 6.28. The predicted molar refractivity (Wildman–Crippen MR) is 127 cm³/mol. The minimum Gasteiger partial charge on any atom is -0.301 e. The lowest BCUT2D eigenvalue weighted by Crippen LogP contribution is -2.40. The molecule has 8 nitrogen and oxygen atoms in total. The molecule has 1 N–H and O–H groups in total. The number of anilines is 1. The molecular formula is C23H21BrN6O2. The van der Waals surface area contributed by atoms with Crippen LogP contribution in [0.1, 0.15) is 23.6 Å².